The van der Waals surface area contributed by atoms with Crippen LogP contribution < -0.4 is 15.4 Å². The van der Waals surface area contributed by atoms with Gasteiger partial charge in [0.25, 0.3) is 0 Å². The molecule has 0 radical (unpaired) electrons. The normalized spacial score (nSPS) is 10.6. The lowest BCUT2D eigenvalue weighted by molar-refractivity contribution is 0.415. The second-order valence-corrected chi connectivity index (χ2v) is 3.29. The van der Waals surface area contributed by atoms with E-state index in [4.69, 9.17) is 10.5 Å². The van der Waals surface area contributed by atoms with Crippen LogP contribution in [0.2, 0.25) is 0 Å². The molecule has 0 amide bonds. The molecule has 1 rings (SSSR count). The molecule has 0 aliphatic rings. The Hall–Kier alpha value is -1.48. The molecule has 0 heterocycles. The van der Waals surface area contributed by atoms with E-state index in [9.17, 15) is 0 Å². The fraction of sp³-hybridized carbons (Fsp3) is 0.333. The minimum absolute atomic E-state index is 0.589. The smallest absolute Gasteiger partial charge is 0.120 e. The van der Waals surface area contributed by atoms with Gasteiger partial charge in [0.05, 0.1) is 7.11 Å². The number of hydrogen-bond donors (Lipinski definition) is 1. The van der Waals surface area contributed by atoms with Crippen molar-refractivity contribution in [1.82, 2.24) is 0 Å². The van der Waals surface area contributed by atoms with Crippen LogP contribution in [0.4, 0.5) is 5.69 Å². The van der Waals surface area contributed by atoms with Gasteiger partial charge < -0.3 is 15.4 Å². The highest BCUT2D eigenvalue weighted by molar-refractivity contribution is 5.50. The van der Waals surface area contributed by atoms with Gasteiger partial charge in [-0.3, -0.25) is 0 Å². The van der Waals surface area contributed by atoms with E-state index in [-0.39, 0.29) is 0 Å². The summed E-state index contributed by atoms with van der Waals surface area (Å²) in [6, 6.07) is 7.99. The van der Waals surface area contributed by atoms with Gasteiger partial charge in [0.15, 0.2) is 0 Å². The number of anilines is 1. The Morgan fingerprint density at radius 1 is 1.40 bits per heavy atom. The molecule has 0 saturated heterocycles. The quantitative estimate of drug-likeness (QED) is 0.744. The van der Waals surface area contributed by atoms with Gasteiger partial charge in [-0.2, -0.15) is 0 Å². The van der Waals surface area contributed by atoms with E-state index >= 15 is 0 Å². The summed E-state index contributed by atoms with van der Waals surface area (Å²) >= 11 is 0. The van der Waals surface area contributed by atoms with E-state index < -0.39 is 0 Å². The number of methoxy groups -OCH3 is 1. The molecule has 2 N–H and O–H groups in total. The van der Waals surface area contributed by atoms with Gasteiger partial charge in [-0.15, -0.1) is 0 Å². The van der Waals surface area contributed by atoms with Crippen molar-refractivity contribution in [3.63, 3.8) is 0 Å². The molecule has 82 valence electrons. The minimum Gasteiger partial charge on any atom is -0.497 e. The summed E-state index contributed by atoms with van der Waals surface area (Å²) in [5, 5.41) is 0. The van der Waals surface area contributed by atoms with Crippen molar-refractivity contribution in [1.29, 1.82) is 0 Å². The van der Waals surface area contributed by atoms with Crippen LogP contribution in [0.3, 0.4) is 0 Å². The van der Waals surface area contributed by atoms with Crippen LogP contribution in [-0.4, -0.2) is 27.2 Å². The highest BCUT2D eigenvalue weighted by atomic mass is 16.5. The van der Waals surface area contributed by atoms with Gasteiger partial charge >= 0.3 is 0 Å². The van der Waals surface area contributed by atoms with Gasteiger partial charge in [0.2, 0.25) is 0 Å². The van der Waals surface area contributed by atoms with Crippen LogP contribution in [0, 0.1) is 0 Å². The van der Waals surface area contributed by atoms with Crippen LogP contribution in [0.1, 0.15) is 0 Å². The Balaban J connectivity index is 2.64. The SMILES string of the molecule is COc1cccc(N(C)CC=CCN)c1. The molecule has 1 aromatic rings. The second kappa shape index (κ2) is 6.09. The van der Waals surface area contributed by atoms with Crippen LogP contribution in [-0.2, 0) is 0 Å². The van der Waals surface area contributed by atoms with E-state index in [1.807, 2.05) is 31.3 Å². The van der Waals surface area contributed by atoms with Crippen LogP contribution in [0.25, 0.3) is 0 Å². The van der Waals surface area contributed by atoms with Gasteiger partial charge in [-0.05, 0) is 12.1 Å². The number of likely N-dealkylation sites (N-methyl/N-ethyl adjacent to an activating group) is 1. The molecule has 0 aliphatic heterocycles. The van der Waals surface area contributed by atoms with Gasteiger partial charge in [-0.1, -0.05) is 18.2 Å². The lowest BCUT2D eigenvalue weighted by Gasteiger charge is -2.17. The monoisotopic (exact) mass is 206 g/mol. The molecule has 0 fully saturated rings. The van der Waals surface area contributed by atoms with Crippen LogP contribution in [0.15, 0.2) is 36.4 Å². The standard InChI is InChI=1S/C12H18N2O/c1-14(9-4-3-8-13)11-6-5-7-12(10-11)15-2/h3-7,10H,8-9,13H2,1-2H3. The Morgan fingerprint density at radius 3 is 2.87 bits per heavy atom. The van der Waals surface area contributed by atoms with Gasteiger partial charge in [0.1, 0.15) is 5.75 Å². The van der Waals surface area contributed by atoms with Crippen LogP contribution >= 0.6 is 0 Å². The fourth-order valence-corrected chi connectivity index (χ4v) is 1.28. The average molecular weight is 206 g/mol. The summed E-state index contributed by atoms with van der Waals surface area (Å²) in [6.45, 7) is 1.44. The van der Waals surface area contributed by atoms with E-state index in [0.29, 0.717) is 6.54 Å². The summed E-state index contributed by atoms with van der Waals surface area (Å²) in [6.07, 6.45) is 4.01. The predicted octanol–water partition coefficient (Wildman–Crippen LogP) is 1.65. The number of rotatable bonds is 5. The topological polar surface area (TPSA) is 38.5 Å². The van der Waals surface area contributed by atoms with Gasteiger partial charge in [-0.25, -0.2) is 0 Å². The van der Waals surface area contributed by atoms with Gasteiger partial charge in [0, 0.05) is 31.9 Å². The molecule has 0 bridgehead atoms. The summed E-state index contributed by atoms with van der Waals surface area (Å²) in [5.41, 5.74) is 6.51. The number of nitrogens with two attached hydrogens (primary N) is 1. The molecule has 3 heteroatoms. The van der Waals surface area contributed by atoms with E-state index in [2.05, 4.69) is 17.0 Å². The van der Waals surface area contributed by atoms with E-state index in [0.717, 1.165) is 18.0 Å². The maximum absolute atomic E-state index is 5.37. The van der Waals surface area contributed by atoms with Crippen molar-refractivity contribution >= 4 is 5.69 Å². The maximum Gasteiger partial charge on any atom is 0.120 e. The summed E-state index contributed by atoms with van der Waals surface area (Å²) in [5.74, 6) is 0.877. The molecule has 1 aromatic carbocycles. The third-order valence-electron chi connectivity index (χ3n) is 2.18. The molecule has 15 heavy (non-hydrogen) atoms. The molecule has 0 atom stereocenters. The first-order valence-electron chi connectivity index (χ1n) is 4.98. The zero-order valence-corrected chi connectivity index (χ0v) is 9.31. The molecule has 0 aliphatic carbocycles. The van der Waals surface area contributed by atoms with Crippen molar-refractivity contribution in [2.45, 2.75) is 0 Å². The predicted molar refractivity (Wildman–Crippen MR) is 64.5 cm³/mol. The van der Waals surface area contributed by atoms with E-state index in [1.54, 1.807) is 7.11 Å². The maximum atomic E-state index is 5.37. The first kappa shape index (κ1) is 11.6. The Morgan fingerprint density at radius 2 is 2.20 bits per heavy atom. The Bertz CT molecular complexity index is 323. The minimum atomic E-state index is 0.589. The lowest BCUT2D eigenvalue weighted by Crippen LogP contribution is -2.16. The third-order valence-corrected chi connectivity index (χ3v) is 2.18. The Labute approximate surface area is 91.1 Å². The van der Waals surface area contributed by atoms with Crippen LogP contribution in [0.5, 0.6) is 5.75 Å². The van der Waals surface area contributed by atoms with Crippen molar-refractivity contribution in [3.8, 4) is 5.75 Å². The Kier molecular flexibility index (Phi) is 4.71. The number of hydrogen-bond acceptors (Lipinski definition) is 3. The van der Waals surface area contributed by atoms with Crippen molar-refractivity contribution < 1.29 is 4.74 Å². The highest BCUT2D eigenvalue weighted by Crippen LogP contribution is 2.19. The molecule has 0 aromatic heterocycles. The molecule has 0 unspecified atom stereocenters. The zero-order chi connectivity index (χ0) is 11.1. The summed E-state index contributed by atoms with van der Waals surface area (Å²) in [4.78, 5) is 2.13. The van der Waals surface area contributed by atoms with E-state index in [1.165, 1.54) is 0 Å². The third kappa shape index (κ3) is 3.64. The fourth-order valence-electron chi connectivity index (χ4n) is 1.28. The number of benzene rings is 1. The molecule has 0 saturated carbocycles. The average Bonchev–Trinajstić information content (AvgIpc) is 2.29. The highest BCUT2D eigenvalue weighted by Gasteiger charge is 1.99. The first-order chi connectivity index (χ1) is 7.27. The first-order valence-corrected chi connectivity index (χ1v) is 4.98. The second-order valence-electron chi connectivity index (χ2n) is 3.29. The molecular weight excluding hydrogens is 188 g/mol. The van der Waals surface area contributed by atoms with Crippen molar-refractivity contribution in [2.75, 3.05) is 32.1 Å². The molecule has 0 spiro atoms. The zero-order valence-electron chi connectivity index (χ0n) is 9.31. The number of nitrogens with zero attached hydrogens (tertiary/aromatic N) is 1. The van der Waals surface area contributed by atoms with Crippen molar-refractivity contribution in [2.24, 2.45) is 5.73 Å². The summed E-state index contributed by atoms with van der Waals surface area (Å²) < 4.78 is 5.17. The summed E-state index contributed by atoms with van der Waals surface area (Å²) in [7, 11) is 3.71. The molecular formula is C12H18N2O. The number of ether oxygens (including phenoxy) is 1. The largest absolute Gasteiger partial charge is 0.497 e. The van der Waals surface area contributed by atoms with Crippen molar-refractivity contribution in [3.05, 3.63) is 36.4 Å². The molecule has 3 nitrogen and oxygen atoms in total. The lowest BCUT2D eigenvalue weighted by atomic mass is 10.3.